The second kappa shape index (κ2) is 15.8. The van der Waals surface area contributed by atoms with Crippen molar-refractivity contribution in [3.63, 3.8) is 0 Å². The van der Waals surface area contributed by atoms with E-state index in [4.69, 9.17) is 10.8 Å². The SMILES string of the molecule is C.CCC(=O)Nc1cnc(Nc2cccc(C(=O)NCCCO)c2)cc1C.CCCN. The van der Waals surface area contributed by atoms with Gasteiger partial charge in [0.2, 0.25) is 5.91 Å². The summed E-state index contributed by atoms with van der Waals surface area (Å²) in [5, 5.41) is 17.5. The van der Waals surface area contributed by atoms with Crippen LogP contribution in [0.2, 0.25) is 0 Å². The fraction of sp³-hybridized carbons (Fsp3) is 0.435. The second-order valence-corrected chi connectivity index (χ2v) is 6.61. The van der Waals surface area contributed by atoms with E-state index in [2.05, 4.69) is 27.9 Å². The van der Waals surface area contributed by atoms with Crippen LogP contribution in [0.1, 0.15) is 56.5 Å². The molecule has 1 aromatic carbocycles. The van der Waals surface area contributed by atoms with Gasteiger partial charge in [0.15, 0.2) is 0 Å². The summed E-state index contributed by atoms with van der Waals surface area (Å²) >= 11 is 0. The van der Waals surface area contributed by atoms with E-state index in [0.717, 1.165) is 24.2 Å². The van der Waals surface area contributed by atoms with Crippen molar-refractivity contribution in [3.05, 3.63) is 47.7 Å². The van der Waals surface area contributed by atoms with Gasteiger partial charge in [0, 0.05) is 30.8 Å². The van der Waals surface area contributed by atoms with Crippen LogP contribution in [0.3, 0.4) is 0 Å². The summed E-state index contributed by atoms with van der Waals surface area (Å²) in [6.07, 6.45) is 3.64. The smallest absolute Gasteiger partial charge is 0.251 e. The number of rotatable bonds is 9. The van der Waals surface area contributed by atoms with Crippen molar-refractivity contribution in [2.75, 3.05) is 30.3 Å². The van der Waals surface area contributed by atoms with Crippen LogP contribution in [0.15, 0.2) is 36.5 Å². The van der Waals surface area contributed by atoms with Gasteiger partial charge < -0.3 is 26.8 Å². The highest BCUT2D eigenvalue weighted by Gasteiger charge is 2.08. The first-order chi connectivity index (χ1) is 14.4. The number of hydrogen-bond donors (Lipinski definition) is 5. The van der Waals surface area contributed by atoms with E-state index in [9.17, 15) is 9.59 Å². The first-order valence-corrected chi connectivity index (χ1v) is 10.2. The largest absolute Gasteiger partial charge is 0.396 e. The molecule has 8 nitrogen and oxygen atoms in total. The summed E-state index contributed by atoms with van der Waals surface area (Å²) in [6, 6.07) is 8.92. The van der Waals surface area contributed by atoms with Gasteiger partial charge in [-0.2, -0.15) is 0 Å². The molecule has 2 amide bonds. The number of benzene rings is 1. The Morgan fingerprint density at radius 1 is 1.19 bits per heavy atom. The zero-order chi connectivity index (χ0) is 22.4. The van der Waals surface area contributed by atoms with E-state index in [0.29, 0.717) is 36.5 Å². The number of nitrogens with zero attached hydrogens (tertiary/aromatic N) is 1. The Labute approximate surface area is 185 Å². The van der Waals surface area contributed by atoms with Gasteiger partial charge in [0.1, 0.15) is 5.82 Å². The van der Waals surface area contributed by atoms with Crippen molar-refractivity contribution in [1.82, 2.24) is 10.3 Å². The summed E-state index contributed by atoms with van der Waals surface area (Å²) < 4.78 is 0. The Balaban J connectivity index is 0.00000165. The molecule has 0 fully saturated rings. The molecule has 0 saturated heterocycles. The highest BCUT2D eigenvalue weighted by Crippen LogP contribution is 2.21. The van der Waals surface area contributed by atoms with Crippen LogP contribution in [0.5, 0.6) is 0 Å². The molecule has 1 heterocycles. The fourth-order valence-electron chi connectivity index (χ4n) is 2.26. The first-order valence-electron chi connectivity index (χ1n) is 10.2. The molecule has 172 valence electrons. The quantitative estimate of drug-likeness (QED) is 0.386. The van der Waals surface area contributed by atoms with E-state index in [1.807, 2.05) is 19.1 Å². The lowest BCUT2D eigenvalue weighted by atomic mass is 10.2. The normalized spacial score (nSPS) is 9.58. The Hall–Kier alpha value is -2.97. The summed E-state index contributed by atoms with van der Waals surface area (Å²) in [4.78, 5) is 27.9. The highest BCUT2D eigenvalue weighted by molar-refractivity contribution is 5.95. The maximum Gasteiger partial charge on any atom is 0.251 e. The number of hydrogen-bond acceptors (Lipinski definition) is 6. The lowest BCUT2D eigenvalue weighted by molar-refractivity contribution is -0.115. The van der Waals surface area contributed by atoms with Crippen molar-refractivity contribution in [2.45, 2.75) is 47.5 Å². The number of aliphatic hydroxyl groups is 1. The monoisotopic (exact) mass is 431 g/mol. The average molecular weight is 432 g/mol. The van der Waals surface area contributed by atoms with Gasteiger partial charge in [0.05, 0.1) is 11.9 Å². The Kier molecular flexibility index (Phi) is 14.3. The number of anilines is 3. The number of aromatic nitrogens is 1. The van der Waals surface area contributed by atoms with Crippen LogP contribution in [0, 0.1) is 6.92 Å². The van der Waals surface area contributed by atoms with Crippen molar-refractivity contribution in [1.29, 1.82) is 0 Å². The van der Waals surface area contributed by atoms with Gasteiger partial charge in [-0.15, -0.1) is 0 Å². The van der Waals surface area contributed by atoms with Crippen LogP contribution in [-0.2, 0) is 4.79 Å². The number of nitrogens with one attached hydrogen (secondary N) is 3. The third kappa shape index (κ3) is 10.6. The molecule has 1 aromatic heterocycles. The van der Waals surface area contributed by atoms with E-state index >= 15 is 0 Å². The zero-order valence-electron chi connectivity index (χ0n) is 18.0. The van der Waals surface area contributed by atoms with Crippen LogP contribution in [0.25, 0.3) is 0 Å². The maximum atomic E-state index is 12.1. The number of amides is 2. The predicted octanol–water partition coefficient (Wildman–Crippen LogP) is 3.59. The van der Waals surface area contributed by atoms with Crippen molar-refractivity contribution in [3.8, 4) is 0 Å². The van der Waals surface area contributed by atoms with Gasteiger partial charge in [-0.05, 0) is 56.1 Å². The lowest BCUT2D eigenvalue weighted by Gasteiger charge is -2.11. The number of pyridine rings is 1. The average Bonchev–Trinajstić information content (AvgIpc) is 2.76. The molecule has 0 radical (unpaired) electrons. The van der Waals surface area contributed by atoms with Crippen molar-refractivity contribution in [2.24, 2.45) is 5.73 Å². The minimum atomic E-state index is -0.191. The third-order valence-corrected chi connectivity index (χ3v) is 4.01. The van der Waals surface area contributed by atoms with E-state index in [-0.39, 0.29) is 25.8 Å². The van der Waals surface area contributed by atoms with Gasteiger partial charge in [-0.3, -0.25) is 9.59 Å². The summed E-state index contributed by atoms with van der Waals surface area (Å²) in [5.74, 6) is 0.370. The molecule has 8 heteroatoms. The van der Waals surface area contributed by atoms with Gasteiger partial charge >= 0.3 is 0 Å². The Morgan fingerprint density at radius 2 is 1.90 bits per heavy atom. The summed E-state index contributed by atoms with van der Waals surface area (Å²) in [7, 11) is 0. The number of carbonyl (C=O) groups is 2. The first kappa shape index (κ1) is 28.0. The number of nitrogens with two attached hydrogens (primary N) is 1. The second-order valence-electron chi connectivity index (χ2n) is 6.61. The molecule has 0 atom stereocenters. The molecule has 0 spiro atoms. The Bertz CT molecular complexity index is 810. The molecule has 2 aromatic rings. The van der Waals surface area contributed by atoms with Crippen molar-refractivity contribution < 1.29 is 14.7 Å². The predicted molar refractivity (Wildman–Crippen MR) is 128 cm³/mol. The van der Waals surface area contributed by atoms with Crippen LogP contribution in [-0.4, -0.2) is 41.6 Å². The van der Waals surface area contributed by atoms with Gasteiger partial charge in [-0.25, -0.2) is 4.98 Å². The molecule has 6 N–H and O–H groups in total. The molecular formula is C23H37N5O3. The number of aliphatic hydroxyl groups excluding tert-OH is 1. The topological polar surface area (TPSA) is 129 Å². The number of carbonyl (C=O) groups excluding carboxylic acids is 2. The van der Waals surface area contributed by atoms with E-state index in [1.165, 1.54) is 0 Å². The minimum absolute atomic E-state index is 0. The van der Waals surface area contributed by atoms with Gasteiger partial charge in [-0.1, -0.05) is 27.3 Å². The zero-order valence-corrected chi connectivity index (χ0v) is 18.0. The van der Waals surface area contributed by atoms with E-state index < -0.39 is 0 Å². The van der Waals surface area contributed by atoms with E-state index in [1.54, 1.807) is 31.3 Å². The minimum Gasteiger partial charge on any atom is -0.396 e. The Morgan fingerprint density at radius 3 is 2.48 bits per heavy atom. The van der Waals surface area contributed by atoms with Crippen LogP contribution < -0.4 is 21.7 Å². The fourth-order valence-corrected chi connectivity index (χ4v) is 2.26. The number of aryl methyl sites for hydroxylation is 1. The van der Waals surface area contributed by atoms with Crippen LogP contribution in [0.4, 0.5) is 17.2 Å². The molecule has 0 aliphatic carbocycles. The standard InChI is InChI=1S/C19H24N4O3.C3H9N.CH4/c1-3-18(25)23-16-12-21-17(10-13(16)2)22-15-7-4-6-14(11-15)19(26)20-8-5-9-24;1-2-3-4;/h4,6-7,10-12,24H,3,5,8-9H2,1-2H3,(H,20,26)(H,21,22)(H,23,25);2-4H2,1H3;1H4. The molecule has 0 saturated carbocycles. The summed E-state index contributed by atoms with van der Waals surface area (Å²) in [6.45, 7) is 7.03. The molecule has 31 heavy (non-hydrogen) atoms. The van der Waals surface area contributed by atoms with Crippen LogP contribution >= 0.6 is 0 Å². The molecule has 0 aliphatic heterocycles. The molecule has 0 bridgehead atoms. The highest BCUT2D eigenvalue weighted by atomic mass is 16.3. The third-order valence-electron chi connectivity index (χ3n) is 4.01. The summed E-state index contributed by atoms with van der Waals surface area (Å²) in [5.41, 5.74) is 7.86. The molecule has 0 aliphatic rings. The maximum absolute atomic E-state index is 12.1. The van der Waals surface area contributed by atoms with Crippen molar-refractivity contribution >= 4 is 29.0 Å². The van der Waals surface area contributed by atoms with Gasteiger partial charge in [0.25, 0.3) is 5.91 Å². The molecule has 2 rings (SSSR count). The lowest BCUT2D eigenvalue weighted by Crippen LogP contribution is -2.25. The molecular weight excluding hydrogens is 394 g/mol. The molecule has 0 unspecified atom stereocenters.